The molecular weight excluding hydrogens is 376 g/mol. The van der Waals surface area contributed by atoms with Crippen molar-refractivity contribution < 1.29 is 14.3 Å². The fourth-order valence-electron chi connectivity index (χ4n) is 3.10. The minimum absolute atomic E-state index is 0.0195. The fraction of sp³-hybridized carbons (Fsp3) is 0.500. The van der Waals surface area contributed by atoms with E-state index in [1.807, 2.05) is 23.6 Å². The summed E-state index contributed by atoms with van der Waals surface area (Å²) in [5.74, 6) is 1.31. The van der Waals surface area contributed by atoms with Crippen molar-refractivity contribution in [2.24, 2.45) is 5.92 Å². The number of carbonyl (C=O) groups is 1. The average molecular weight is 405 g/mol. The van der Waals surface area contributed by atoms with Crippen LogP contribution in [0.15, 0.2) is 35.2 Å². The quantitative estimate of drug-likeness (QED) is 0.707. The molecule has 1 unspecified atom stereocenters. The van der Waals surface area contributed by atoms with Gasteiger partial charge in [-0.25, -0.2) is 9.78 Å². The van der Waals surface area contributed by atoms with Gasteiger partial charge in [0, 0.05) is 43.3 Å². The van der Waals surface area contributed by atoms with Crippen molar-refractivity contribution in [1.29, 1.82) is 0 Å². The topological polar surface area (TPSA) is 75.7 Å². The number of amides is 2. The Balaban J connectivity index is 1.42. The Hall–Kier alpha value is -2.16. The van der Waals surface area contributed by atoms with E-state index < -0.39 is 0 Å². The molecule has 2 amide bonds. The summed E-state index contributed by atoms with van der Waals surface area (Å²) < 4.78 is 11.5. The van der Waals surface area contributed by atoms with Crippen molar-refractivity contribution in [3.63, 3.8) is 0 Å². The molecule has 7 nitrogen and oxygen atoms in total. The molecule has 2 heterocycles. The van der Waals surface area contributed by atoms with Crippen LogP contribution in [-0.2, 0) is 11.3 Å². The molecule has 1 fully saturated rings. The Morgan fingerprint density at radius 1 is 1.46 bits per heavy atom. The minimum Gasteiger partial charge on any atom is -0.487 e. The monoisotopic (exact) mass is 404 g/mol. The number of hydrogen-bond donors (Lipinski definition) is 2. The smallest absolute Gasteiger partial charge is 0.319 e. The van der Waals surface area contributed by atoms with Crippen LogP contribution in [-0.4, -0.2) is 54.8 Å². The number of benzene rings is 1. The maximum absolute atomic E-state index is 12.2. The molecule has 0 bridgehead atoms. The molecule has 0 aliphatic carbocycles. The molecule has 1 aromatic carbocycles. The third kappa shape index (κ3) is 6.78. The summed E-state index contributed by atoms with van der Waals surface area (Å²) in [5.41, 5.74) is 3.35. The number of aromatic nitrogens is 1. The molecule has 152 valence electrons. The summed E-state index contributed by atoms with van der Waals surface area (Å²) in [6, 6.07) is 7.08. The Labute approximate surface area is 170 Å². The Morgan fingerprint density at radius 3 is 3.14 bits per heavy atom. The highest BCUT2D eigenvalue weighted by molar-refractivity contribution is 7.07. The van der Waals surface area contributed by atoms with E-state index >= 15 is 0 Å². The molecule has 1 aliphatic heterocycles. The number of nitrogens with zero attached hydrogens (tertiary/aromatic N) is 2. The van der Waals surface area contributed by atoms with Gasteiger partial charge in [0.25, 0.3) is 0 Å². The molecule has 1 atom stereocenters. The van der Waals surface area contributed by atoms with E-state index in [9.17, 15) is 4.79 Å². The highest BCUT2D eigenvalue weighted by Crippen LogP contribution is 2.18. The Bertz CT molecular complexity index is 739. The molecule has 3 rings (SSSR count). The van der Waals surface area contributed by atoms with E-state index in [4.69, 9.17) is 9.47 Å². The van der Waals surface area contributed by atoms with Crippen molar-refractivity contribution >= 4 is 23.1 Å². The van der Waals surface area contributed by atoms with Crippen LogP contribution in [0.2, 0.25) is 0 Å². The number of urea groups is 1. The second-order valence-corrected chi connectivity index (χ2v) is 8.00. The first-order valence-corrected chi connectivity index (χ1v) is 10.5. The number of nitrogens with one attached hydrogen (secondary N) is 2. The van der Waals surface area contributed by atoms with Crippen LogP contribution in [0.3, 0.4) is 0 Å². The van der Waals surface area contributed by atoms with E-state index in [0.717, 1.165) is 25.3 Å². The highest BCUT2D eigenvalue weighted by Gasteiger charge is 2.21. The molecule has 2 N–H and O–H groups in total. The average Bonchev–Trinajstić information content (AvgIpc) is 3.19. The van der Waals surface area contributed by atoms with Gasteiger partial charge in [0.1, 0.15) is 12.4 Å². The molecule has 0 saturated carbocycles. The first kappa shape index (κ1) is 20.6. The summed E-state index contributed by atoms with van der Waals surface area (Å²) in [5, 5.41) is 7.69. The second-order valence-electron chi connectivity index (χ2n) is 7.28. The van der Waals surface area contributed by atoms with E-state index in [0.29, 0.717) is 37.1 Å². The minimum atomic E-state index is -0.249. The molecule has 8 heteroatoms. The standard InChI is InChI=1S/C20H28N4O3S/c1-15(2)10-24-6-7-26-19(11-24)9-21-20(25)23-16-4-3-5-18(8-16)27-12-17-13-28-14-22-17/h3-5,8,13-15,19H,6-7,9-12H2,1-2H3,(H2,21,23,25). The van der Waals surface area contributed by atoms with Gasteiger partial charge in [0.15, 0.2) is 0 Å². The largest absolute Gasteiger partial charge is 0.487 e. The van der Waals surface area contributed by atoms with Gasteiger partial charge in [-0.3, -0.25) is 4.90 Å². The third-order valence-corrected chi connectivity index (χ3v) is 4.93. The van der Waals surface area contributed by atoms with Gasteiger partial charge in [0.05, 0.1) is 23.9 Å². The van der Waals surface area contributed by atoms with Crippen LogP contribution < -0.4 is 15.4 Å². The van der Waals surface area contributed by atoms with Crippen LogP contribution in [0.4, 0.5) is 10.5 Å². The molecule has 0 spiro atoms. The first-order chi connectivity index (χ1) is 13.6. The molecule has 1 aromatic heterocycles. The molecule has 1 aliphatic rings. The van der Waals surface area contributed by atoms with E-state index in [1.165, 1.54) is 11.3 Å². The summed E-state index contributed by atoms with van der Waals surface area (Å²) in [7, 11) is 0. The maximum Gasteiger partial charge on any atom is 0.319 e. The predicted molar refractivity (Wildman–Crippen MR) is 111 cm³/mol. The summed E-state index contributed by atoms with van der Waals surface area (Å²) >= 11 is 1.54. The molecule has 0 radical (unpaired) electrons. The zero-order chi connectivity index (χ0) is 19.8. The Kier molecular flexibility index (Phi) is 7.64. The zero-order valence-corrected chi connectivity index (χ0v) is 17.2. The Morgan fingerprint density at radius 2 is 2.36 bits per heavy atom. The van der Waals surface area contributed by atoms with Gasteiger partial charge < -0.3 is 20.1 Å². The molecule has 2 aromatic rings. The van der Waals surface area contributed by atoms with E-state index in [-0.39, 0.29) is 12.1 Å². The van der Waals surface area contributed by atoms with E-state index in [1.54, 1.807) is 11.6 Å². The van der Waals surface area contributed by atoms with Crippen molar-refractivity contribution in [1.82, 2.24) is 15.2 Å². The molecular formula is C20H28N4O3S. The first-order valence-electron chi connectivity index (χ1n) is 9.57. The number of rotatable bonds is 8. The van der Waals surface area contributed by atoms with Gasteiger partial charge in [-0.1, -0.05) is 19.9 Å². The fourth-order valence-corrected chi connectivity index (χ4v) is 3.64. The number of thiazole rings is 1. The third-order valence-electron chi connectivity index (χ3n) is 4.30. The van der Waals surface area contributed by atoms with E-state index in [2.05, 4.69) is 34.4 Å². The van der Waals surface area contributed by atoms with Crippen LogP contribution in [0.25, 0.3) is 0 Å². The zero-order valence-electron chi connectivity index (χ0n) is 16.4. The van der Waals surface area contributed by atoms with Crippen molar-refractivity contribution in [3.8, 4) is 5.75 Å². The van der Waals surface area contributed by atoms with Crippen LogP contribution >= 0.6 is 11.3 Å². The van der Waals surface area contributed by atoms with Crippen LogP contribution in [0.1, 0.15) is 19.5 Å². The van der Waals surface area contributed by atoms with Crippen LogP contribution in [0.5, 0.6) is 5.75 Å². The second kappa shape index (κ2) is 10.4. The molecule has 1 saturated heterocycles. The maximum atomic E-state index is 12.2. The lowest BCUT2D eigenvalue weighted by Gasteiger charge is -2.33. The number of morpholine rings is 1. The normalized spacial score (nSPS) is 17.5. The highest BCUT2D eigenvalue weighted by atomic mass is 32.1. The van der Waals surface area contributed by atoms with Gasteiger partial charge in [0.2, 0.25) is 0 Å². The number of anilines is 1. The van der Waals surface area contributed by atoms with Crippen molar-refractivity contribution in [2.45, 2.75) is 26.6 Å². The lowest BCUT2D eigenvalue weighted by molar-refractivity contribution is -0.0288. The molecule has 28 heavy (non-hydrogen) atoms. The van der Waals surface area contributed by atoms with Crippen LogP contribution in [0, 0.1) is 5.92 Å². The lowest BCUT2D eigenvalue weighted by atomic mass is 10.2. The lowest BCUT2D eigenvalue weighted by Crippen LogP contribution is -2.48. The van der Waals surface area contributed by atoms with Crippen molar-refractivity contribution in [2.75, 3.05) is 38.1 Å². The summed E-state index contributed by atoms with van der Waals surface area (Å²) in [6.07, 6.45) is 0.0195. The van der Waals surface area contributed by atoms with Gasteiger partial charge >= 0.3 is 6.03 Å². The number of carbonyl (C=O) groups excluding carboxylic acids is 1. The van der Waals surface area contributed by atoms with Crippen molar-refractivity contribution in [3.05, 3.63) is 40.8 Å². The number of hydrogen-bond acceptors (Lipinski definition) is 6. The SMILES string of the molecule is CC(C)CN1CCOC(CNC(=O)Nc2cccc(OCc3cscn3)c2)C1. The number of ether oxygens (including phenoxy) is 2. The summed E-state index contributed by atoms with van der Waals surface area (Å²) in [4.78, 5) is 18.8. The van der Waals surface area contributed by atoms with Gasteiger partial charge in [-0.15, -0.1) is 11.3 Å². The summed E-state index contributed by atoms with van der Waals surface area (Å²) in [6.45, 7) is 8.88. The predicted octanol–water partition coefficient (Wildman–Crippen LogP) is 3.20. The van der Waals surface area contributed by atoms with Gasteiger partial charge in [-0.2, -0.15) is 0 Å². The van der Waals surface area contributed by atoms with Gasteiger partial charge in [-0.05, 0) is 18.1 Å².